The third kappa shape index (κ3) is 2.33. The first-order valence-electron chi connectivity index (χ1n) is 6.49. The molecule has 0 amide bonds. The Morgan fingerprint density at radius 3 is 2.82 bits per heavy atom. The van der Waals surface area contributed by atoms with Gasteiger partial charge in [-0.2, -0.15) is 0 Å². The standard InChI is InChI=1S/C15H17BrO/c16-13-3-1-2-10(7-13)9-15(17)14-8-11-4-5-12(14)6-11/h1-3,7,11-12,14H,4-6,8-9H2. The number of hydrogen-bond acceptors (Lipinski definition) is 1. The van der Waals surface area contributed by atoms with Crippen molar-refractivity contribution in [3.8, 4) is 0 Å². The molecule has 0 radical (unpaired) electrons. The highest BCUT2D eigenvalue weighted by Gasteiger charge is 2.42. The summed E-state index contributed by atoms with van der Waals surface area (Å²) in [5, 5.41) is 0. The van der Waals surface area contributed by atoms with Crippen LogP contribution < -0.4 is 0 Å². The molecule has 2 aliphatic carbocycles. The van der Waals surface area contributed by atoms with Crippen molar-refractivity contribution in [2.45, 2.75) is 32.1 Å². The van der Waals surface area contributed by atoms with E-state index in [1.807, 2.05) is 12.1 Å². The van der Waals surface area contributed by atoms with Crippen molar-refractivity contribution in [1.29, 1.82) is 0 Å². The lowest BCUT2D eigenvalue weighted by molar-refractivity contribution is -0.123. The second kappa shape index (κ2) is 4.56. The van der Waals surface area contributed by atoms with E-state index in [1.165, 1.54) is 19.3 Å². The first-order valence-corrected chi connectivity index (χ1v) is 7.29. The monoisotopic (exact) mass is 292 g/mol. The Balaban J connectivity index is 1.68. The normalized spacial score (nSPS) is 30.8. The van der Waals surface area contributed by atoms with E-state index in [-0.39, 0.29) is 0 Å². The molecule has 1 nitrogen and oxygen atoms in total. The van der Waals surface area contributed by atoms with Gasteiger partial charge >= 0.3 is 0 Å². The van der Waals surface area contributed by atoms with Gasteiger partial charge in [-0.15, -0.1) is 0 Å². The molecule has 0 spiro atoms. The van der Waals surface area contributed by atoms with Crippen LogP contribution in [0.25, 0.3) is 0 Å². The maximum absolute atomic E-state index is 12.3. The van der Waals surface area contributed by atoms with Gasteiger partial charge in [-0.1, -0.05) is 34.5 Å². The molecule has 1 aromatic rings. The van der Waals surface area contributed by atoms with Crippen LogP contribution >= 0.6 is 15.9 Å². The summed E-state index contributed by atoms with van der Waals surface area (Å²) in [6.45, 7) is 0. The molecule has 0 saturated heterocycles. The van der Waals surface area contributed by atoms with Gasteiger partial charge in [0.1, 0.15) is 5.78 Å². The second-order valence-electron chi connectivity index (χ2n) is 5.55. The quantitative estimate of drug-likeness (QED) is 0.823. The fraction of sp³-hybridized carbons (Fsp3) is 0.533. The summed E-state index contributed by atoms with van der Waals surface area (Å²) in [4.78, 5) is 12.3. The summed E-state index contributed by atoms with van der Waals surface area (Å²) in [6.07, 6.45) is 5.75. The van der Waals surface area contributed by atoms with E-state index in [1.54, 1.807) is 0 Å². The lowest BCUT2D eigenvalue weighted by Gasteiger charge is -2.20. The molecule has 0 aliphatic heterocycles. The predicted molar refractivity (Wildman–Crippen MR) is 71.8 cm³/mol. The molecular weight excluding hydrogens is 276 g/mol. The minimum atomic E-state index is 0.368. The van der Waals surface area contributed by atoms with Crippen LogP contribution in [0.1, 0.15) is 31.2 Å². The molecule has 2 heteroatoms. The predicted octanol–water partition coefficient (Wildman–Crippen LogP) is 4.00. The summed E-state index contributed by atoms with van der Waals surface area (Å²) in [6, 6.07) is 8.12. The number of hydrogen-bond donors (Lipinski definition) is 0. The van der Waals surface area contributed by atoms with Crippen molar-refractivity contribution >= 4 is 21.7 Å². The molecule has 3 rings (SSSR count). The number of carbonyl (C=O) groups excluding carboxylic acids is 1. The minimum Gasteiger partial charge on any atom is -0.299 e. The van der Waals surface area contributed by atoms with E-state index in [9.17, 15) is 4.79 Å². The van der Waals surface area contributed by atoms with Crippen molar-refractivity contribution in [2.75, 3.05) is 0 Å². The van der Waals surface area contributed by atoms with Crippen molar-refractivity contribution in [2.24, 2.45) is 17.8 Å². The number of Topliss-reactive ketones (excluding diaryl/α,β-unsaturated/α-hetero) is 1. The Morgan fingerprint density at radius 2 is 2.18 bits per heavy atom. The third-order valence-electron chi connectivity index (χ3n) is 4.42. The maximum atomic E-state index is 12.3. The van der Waals surface area contributed by atoms with E-state index >= 15 is 0 Å². The molecular formula is C15H17BrO. The first kappa shape index (κ1) is 11.5. The molecule has 0 heterocycles. The number of fused-ring (bicyclic) bond motifs is 2. The first-order chi connectivity index (χ1) is 8.22. The molecule has 1 aromatic carbocycles. The SMILES string of the molecule is O=C(Cc1cccc(Br)c1)C1CC2CCC1C2. The summed E-state index contributed by atoms with van der Waals surface area (Å²) >= 11 is 3.46. The lowest BCUT2D eigenvalue weighted by atomic mass is 9.84. The Bertz CT molecular complexity index is 440. The Morgan fingerprint density at radius 1 is 1.29 bits per heavy atom. The molecule has 2 fully saturated rings. The van der Waals surface area contributed by atoms with Gasteiger partial charge in [0.15, 0.2) is 0 Å². The molecule has 90 valence electrons. The Kier molecular flexibility index (Phi) is 3.08. The van der Waals surface area contributed by atoms with Gasteiger partial charge in [0, 0.05) is 16.8 Å². The molecule has 3 unspecified atom stereocenters. The number of benzene rings is 1. The van der Waals surface area contributed by atoms with E-state index < -0.39 is 0 Å². The summed E-state index contributed by atoms with van der Waals surface area (Å²) in [7, 11) is 0. The molecule has 0 aromatic heterocycles. The minimum absolute atomic E-state index is 0.368. The van der Waals surface area contributed by atoms with E-state index in [0.717, 1.165) is 22.4 Å². The zero-order valence-corrected chi connectivity index (χ0v) is 11.4. The van der Waals surface area contributed by atoms with Crippen LogP contribution in [0.2, 0.25) is 0 Å². The van der Waals surface area contributed by atoms with E-state index in [2.05, 4.69) is 28.1 Å². The van der Waals surface area contributed by atoms with Gasteiger partial charge in [-0.05, 0) is 48.8 Å². The zero-order chi connectivity index (χ0) is 11.8. The number of ketones is 1. The highest BCUT2D eigenvalue weighted by Crippen LogP contribution is 2.48. The lowest BCUT2D eigenvalue weighted by Crippen LogP contribution is -2.22. The van der Waals surface area contributed by atoms with Gasteiger partial charge in [-0.25, -0.2) is 0 Å². The maximum Gasteiger partial charge on any atom is 0.140 e. The molecule has 17 heavy (non-hydrogen) atoms. The molecule has 0 N–H and O–H groups in total. The number of carbonyl (C=O) groups is 1. The fourth-order valence-corrected chi connectivity index (χ4v) is 4.06. The van der Waals surface area contributed by atoms with Crippen LogP contribution in [0.5, 0.6) is 0 Å². The highest BCUT2D eigenvalue weighted by atomic mass is 79.9. The summed E-state index contributed by atoms with van der Waals surface area (Å²) in [5.41, 5.74) is 1.15. The Hall–Kier alpha value is -0.630. The van der Waals surface area contributed by atoms with E-state index in [0.29, 0.717) is 24.0 Å². The van der Waals surface area contributed by atoms with Gasteiger partial charge < -0.3 is 0 Å². The van der Waals surface area contributed by atoms with Gasteiger partial charge in [0.25, 0.3) is 0 Å². The van der Waals surface area contributed by atoms with Crippen LogP contribution in [0.4, 0.5) is 0 Å². The fourth-order valence-electron chi connectivity index (χ4n) is 3.62. The Labute approximate surface area is 111 Å². The molecule has 2 saturated carbocycles. The number of rotatable bonds is 3. The molecule has 3 atom stereocenters. The van der Waals surface area contributed by atoms with Crippen LogP contribution in [0.15, 0.2) is 28.7 Å². The van der Waals surface area contributed by atoms with Crippen LogP contribution in [-0.4, -0.2) is 5.78 Å². The van der Waals surface area contributed by atoms with Crippen LogP contribution in [0.3, 0.4) is 0 Å². The zero-order valence-electron chi connectivity index (χ0n) is 9.86. The van der Waals surface area contributed by atoms with Gasteiger partial charge in [0.2, 0.25) is 0 Å². The van der Waals surface area contributed by atoms with Crippen LogP contribution in [-0.2, 0) is 11.2 Å². The van der Waals surface area contributed by atoms with Crippen molar-refractivity contribution in [3.63, 3.8) is 0 Å². The summed E-state index contributed by atoms with van der Waals surface area (Å²) in [5.74, 6) is 2.40. The second-order valence-corrected chi connectivity index (χ2v) is 6.47. The smallest absolute Gasteiger partial charge is 0.140 e. The highest BCUT2D eigenvalue weighted by molar-refractivity contribution is 9.10. The topological polar surface area (TPSA) is 17.1 Å². The van der Waals surface area contributed by atoms with E-state index in [4.69, 9.17) is 0 Å². The average Bonchev–Trinajstić information content (AvgIpc) is 2.90. The van der Waals surface area contributed by atoms with Gasteiger partial charge in [-0.3, -0.25) is 4.79 Å². The van der Waals surface area contributed by atoms with Crippen LogP contribution in [0, 0.1) is 17.8 Å². The van der Waals surface area contributed by atoms with Crippen molar-refractivity contribution < 1.29 is 4.79 Å². The average molecular weight is 293 g/mol. The molecule has 2 bridgehead atoms. The summed E-state index contributed by atoms with van der Waals surface area (Å²) < 4.78 is 1.07. The van der Waals surface area contributed by atoms with Gasteiger partial charge in [0.05, 0.1) is 0 Å². The molecule has 2 aliphatic rings. The third-order valence-corrected chi connectivity index (χ3v) is 4.91. The number of halogens is 1. The van der Waals surface area contributed by atoms with Crippen molar-refractivity contribution in [3.05, 3.63) is 34.3 Å². The van der Waals surface area contributed by atoms with Crippen molar-refractivity contribution in [1.82, 2.24) is 0 Å². The largest absolute Gasteiger partial charge is 0.299 e.